The van der Waals surface area contributed by atoms with Gasteiger partial charge in [-0.25, -0.2) is 14.6 Å². The highest BCUT2D eigenvalue weighted by Crippen LogP contribution is 2.15. The van der Waals surface area contributed by atoms with Crippen molar-refractivity contribution in [3.8, 4) is 0 Å². The number of ether oxygens (including phenoxy) is 2. The lowest BCUT2D eigenvalue weighted by atomic mass is 10.2. The summed E-state index contributed by atoms with van der Waals surface area (Å²) in [5.74, 6) is 0.130. The molecule has 0 saturated heterocycles. The van der Waals surface area contributed by atoms with Crippen molar-refractivity contribution < 1.29 is 19.1 Å². The van der Waals surface area contributed by atoms with Crippen LogP contribution >= 0.6 is 11.6 Å². The molecule has 0 aromatic rings. The first-order chi connectivity index (χ1) is 10.4. The summed E-state index contributed by atoms with van der Waals surface area (Å²) in [7, 11) is 0. The van der Waals surface area contributed by atoms with Crippen molar-refractivity contribution in [1.29, 1.82) is 0 Å². The number of guanidine groups is 1. The van der Waals surface area contributed by atoms with E-state index in [4.69, 9.17) is 21.1 Å². The van der Waals surface area contributed by atoms with E-state index in [9.17, 15) is 9.59 Å². The number of hydrogen-bond donors (Lipinski definition) is 2. The first-order valence-electron chi connectivity index (χ1n) is 7.04. The van der Waals surface area contributed by atoms with Crippen LogP contribution in [0.4, 0.5) is 9.59 Å². The minimum Gasteiger partial charge on any atom is -0.443 e. The first kappa shape index (κ1) is 19.1. The fraction of sp³-hybridized carbons (Fsp3) is 0.643. The zero-order chi connectivity index (χ0) is 17.8. The Labute approximate surface area is 140 Å². The van der Waals surface area contributed by atoms with E-state index < -0.39 is 23.4 Å². The van der Waals surface area contributed by atoms with Gasteiger partial charge in [-0.05, 0) is 41.5 Å². The predicted octanol–water partition coefficient (Wildman–Crippen LogP) is 2.70. The number of carbonyl (C=O) groups is 2. The van der Waals surface area contributed by atoms with E-state index in [1.165, 1.54) is 6.20 Å². The van der Waals surface area contributed by atoms with Gasteiger partial charge < -0.3 is 9.47 Å². The second-order valence-corrected chi connectivity index (χ2v) is 7.05. The monoisotopic (exact) mass is 346 g/mol. The van der Waals surface area contributed by atoms with Crippen molar-refractivity contribution in [3.05, 3.63) is 11.9 Å². The van der Waals surface area contributed by atoms with Gasteiger partial charge in [0.1, 0.15) is 11.2 Å². The summed E-state index contributed by atoms with van der Waals surface area (Å²) >= 11 is 5.67. The van der Waals surface area contributed by atoms with Crippen molar-refractivity contribution in [1.82, 2.24) is 15.8 Å². The third-order valence-corrected chi connectivity index (χ3v) is 2.47. The number of alkyl halides is 1. The van der Waals surface area contributed by atoms with Gasteiger partial charge in [0, 0.05) is 0 Å². The molecule has 1 rings (SSSR count). The maximum atomic E-state index is 12.3. The third kappa shape index (κ3) is 6.35. The number of nitrogens with one attached hydrogen (secondary N) is 2. The van der Waals surface area contributed by atoms with E-state index >= 15 is 0 Å². The average molecular weight is 347 g/mol. The summed E-state index contributed by atoms with van der Waals surface area (Å²) in [4.78, 5) is 29.4. The van der Waals surface area contributed by atoms with E-state index in [-0.39, 0.29) is 11.8 Å². The Hall–Kier alpha value is -1.96. The van der Waals surface area contributed by atoms with E-state index in [0.29, 0.717) is 10.6 Å². The number of hydrogen-bond acceptors (Lipinski definition) is 7. The summed E-state index contributed by atoms with van der Waals surface area (Å²) in [5.41, 5.74) is 4.38. The molecule has 0 radical (unpaired) electrons. The van der Waals surface area contributed by atoms with Crippen molar-refractivity contribution in [2.75, 3.05) is 5.88 Å². The fourth-order valence-corrected chi connectivity index (χ4v) is 1.52. The van der Waals surface area contributed by atoms with Crippen molar-refractivity contribution >= 4 is 29.7 Å². The van der Waals surface area contributed by atoms with Crippen molar-refractivity contribution in [3.63, 3.8) is 0 Å². The second kappa shape index (κ2) is 7.08. The highest BCUT2D eigenvalue weighted by atomic mass is 35.5. The van der Waals surface area contributed by atoms with Crippen LogP contribution in [0.3, 0.4) is 0 Å². The van der Waals surface area contributed by atoms with Crippen LogP contribution in [-0.4, -0.2) is 40.1 Å². The number of halogens is 1. The number of nitrogens with zero attached hydrogens (tertiary/aromatic N) is 2. The number of aliphatic imine (C=N–C) groups is 1. The number of carbonyl (C=O) groups excluding carboxylic acids is 2. The Kier molecular flexibility index (Phi) is 5.87. The van der Waals surface area contributed by atoms with Gasteiger partial charge in [0.15, 0.2) is 0 Å². The number of amides is 2. The van der Waals surface area contributed by atoms with Gasteiger partial charge in [0.2, 0.25) is 5.96 Å². The van der Waals surface area contributed by atoms with E-state index in [1.54, 1.807) is 41.5 Å². The van der Waals surface area contributed by atoms with Crippen LogP contribution < -0.4 is 10.9 Å². The molecule has 130 valence electrons. The quantitative estimate of drug-likeness (QED) is 0.709. The molecule has 0 saturated carbocycles. The molecule has 2 N–H and O–H groups in total. The molecular formula is C14H23ClN4O4. The molecule has 0 aromatic heterocycles. The minimum absolute atomic E-state index is 0.0673. The van der Waals surface area contributed by atoms with Crippen LogP contribution in [0.5, 0.6) is 0 Å². The normalized spacial score (nSPS) is 14.7. The van der Waals surface area contributed by atoms with E-state index in [0.717, 1.165) is 0 Å². The fourth-order valence-electron chi connectivity index (χ4n) is 1.38. The van der Waals surface area contributed by atoms with Crippen LogP contribution in [0.1, 0.15) is 41.5 Å². The van der Waals surface area contributed by atoms with Crippen LogP contribution in [-0.2, 0) is 9.47 Å². The molecule has 8 nitrogen and oxygen atoms in total. The first-order valence-corrected chi connectivity index (χ1v) is 7.57. The van der Waals surface area contributed by atoms with Crippen molar-refractivity contribution in [2.24, 2.45) is 4.99 Å². The van der Waals surface area contributed by atoms with Crippen LogP contribution in [0, 0.1) is 0 Å². The number of imide groups is 1. The minimum atomic E-state index is -0.900. The topological polar surface area (TPSA) is 92.3 Å². The highest BCUT2D eigenvalue weighted by Gasteiger charge is 2.35. The Bertz CT molecular complexity index is 504. The molecule has 0 spiro atoms. The summed E-state index contributed by atoms with van der Waals surface area (Å²) in [6.45, 7) is 10.2. The molecule has 0 atom stereocenters. The van der Waals surface area contributed by atoms with Gasteiger partial charge in [-0.2, -0.15) is 0 Å². The molecule has 0 unspecified atom stereocenters. The zero-order valence-electron chi connectivity index (χ0n) is 14.2. The maximum absolute atomic E-state index is 12.3. The molecule has 23 heavy (non-hydrogen) atoms. The largest absolute Gasteiger partial charge is 0.443 e. The lowest BCUT2D eigenvalue weighted by Crippen LogP contribution is -2.55. The molecule has 1 aliphatic rings. The Morgan fingerprint density at radius 1 is 1.09 bits per heavy atom. The van der Waals surface area contributed by atoms with Crippen LogP contribution in [0.25, 0.3) is 0 Å². The number of hydrazine groups is 1. The Morgan fingerprint density at radius 2 is 1.57 bits per heavy atom. The second-order valence-electron chi connectivity index (χ2n) is 6.79. The summed E-state index contributed by atoms with van der Waals surface area (Å²) in [6.07, 6.45) is -0.398. The molecule has 0 bridgehead atoms. The summed E-state index contributed by atoms with van der Waals surface area (Å²) in [5, 5.41) is 0. The maximum Gasteiger partial charge on any atom is 0.427 e. The van der Waals surface area contributed by atoms with Gasteiger partial charge in [-0.1, -0.05) is 0 Å². The van der Waals surface area contributed by atoms with Gasteiger partial charge in [0.25, 0.3) is 0 Å². The number of allylic oxidation sites excluding steroid dienone is 1. The van der Waals surface area contributed by atoms with Gasteiger partial charge >= 0.3 is 12.2 Å². The SMILES string of the molecule is CC(C)(C)OC(=O)N(C(=O)OC(C)(C)C)C1=NC=C(CCl)NN1. The average Bonchev–Trinajstić information content (AvgIpc) is 2.35. The summed E-state index contributed by atoms with van der Waals surface area (Å²) < 4.78 is 10.5. The Balaban J connectivity index is 3.07. The highest BCUT2D eigenvalue weighted by molar-refractivity contribution is 6.19. The summed E-state index contributed by atoms with van der Waals surface area (Å²) in [6, 6.07) is 0. The van der Waals surface area contributed by atoms with Crippen LogP contribution in [0.15, 0.2) is 16.9 Å². The van der Waals surface area contributed by atoms with E-state index in [2.05, 4.69) is 15.8 Å². The lowest BCUT2D eigenvalue weighted by Gasteiger charge is -2.30. The van der Waals surface area contributed by atoms with Gasteiger partial charge in [-0.15, -0.1) is 16.5 Å². The standard InChI is InChI=1S/C14H23ClN4O4/c1-13(2,3)22-11(20)19(12(21)23-14(4,5)6)10-16-8-9(7-15)17-18-10/h8,17H,7H2,1-6H3,(H,16,18). The number of rotatable bonds is 1. The van der Waals surface area contributed by atoms with Crippen LogP contribution in [0.2, 0.25) is 0 Å². The molecular weight excluding hydrogens is 324 g/mol. The molecule has 0 aliphatic carbocycles. The molecule has 1 heterocycles. The molecule has 2 amide bonds. The molecule has 0 aromatic carbocycles. The van der Waals surface area contributed by atoms with Gasteiger partial charge in [-0.3, -0.25) is 10.9 Å². The van der Waals surface area contributed by atoms with Crippen molar-refractivity contribution in [2.45, 2.75) is 52.7 Å². The van der Waals surface area contributed by atoms with Gasteiger partial charge in [0.05, 0.1) is 17.8 Å². The smallest absolute Gasteiger partial charge is 0.427 e. The molecule has 0 fully saturated rings. The van der Waals surface area contributed by atoms with E-state index in [1.807, 2.05) is 0 Å². The lowest BCUT2D eigenvalue weighted by molar-refractivity contribution is 0.0139. The third-order valence-electron chi connectivity index (χ3n) is 2.19. The predicted molar refractivity (Wildman–Crippen MR) is 86.8 cm³/mol. The zero-order valence-corrected chi connectivity index (χ0v) is 14.9. The Morgan fingerprint density at radius 3 is 1.87 bits per heavy atom. The molecule has 1 aliphatic heterocycles. The molecule has 9 heteroatoms.